The van der Waals surface area contributed by atoms with Crippen molar-refractivity contribution in [3.05, 3.63) is 12.2 Å². The molecule has 72 valence electrons. The summed E-state index contributed by atoms with van der Waals surface area (Å²) in [4.78, 5) is 9.60. The molecule has 0 aromatic rings. The molecule has 1 unspecified atom stereocenters. The molecule has 0 bridgehead atoms. The lowest BCUT2D eigenvalue weighted by Gasteiger charge is -1.92. The van der Waals surface area contributed by atoms with E-state index in [-0.39, 0.29) is 5.57 Å². The van der Waals surface area contributed by atoms with E-state index < -0.39 is 18.8 Å². The van der Waals surface area contributed by atoms with Crippen molar-refractivity contribution in [2.24, 2.45) is 0 Å². The quantitative estimate of drug-likeness (QED) is 0.637. The van der Waals surface area contributed by atoms with Crippen LogP contribution in [0.15, 0.2) is 12.2 Å². The maximum Gasteiger partial charge on any atom is 0.330 e. The molecule has 0 fully saturated rings. The van der Waals surface area contributed by atoms with Crippen LogP contribution in [0.5, 0.6) is 0 Å². The average Bonchev–Trinajstić information content (AvgIpc) is 1.88. The SMILES string of the molecule is C=C(C)C(=O)O.OC(F)C(F)F. The van der Waals surface area contributed by atoms with E-state index in [4.69, 9.17) is 10.2 Å². The van der Waals surface area contributed by atoms with Crippen LogP contribution >= 0.6 is 0 Å². The lowest BCUT2D eigenvalue weighted by atomic mass is 10.4. The maximum atomic E-state index is 10.6. The number of hydrogen-bond donors (Lipinski definition) is 2. The molecule has 0 saturated heterocycles. The van der Waals surface area contributed by atoms with Crippen molar-refractivity contribution in [2.75, 3.05) is 0 Å². The summed E-state index contributed by atoms with van der Waals surface area (Å²) in [5.74, 6) is -0.935. The van der Waals surface area contributed by atoms with Crippen molar-refractivity contribution in [1.29, 1.82) is 0 Å². The van der Waals surface area contributed by atoms with Gasteiger partial charge in [-0.2, -0.15) is 0 Å². The Kier molecular flexibility index (Phi) is 7.51. The van der Waals surface area contributed by atoms with Crippen LogP contribution in [-0.4, -0.2) is 29.0 Å². The van der Waals surface area contributed by atoms with Crippen molar-refractivity contribution in [2.45, 2.75) is 19.7 Å². The number of halogens is 3. The van der Waals surface area contributed by atoms with Crippen molar-refractivity contribution in [1.82, 2.24) is 0 Å². The first-order valence-corrected chi connectivity index (χ1v) is 2.78. The van der Waals surface area contributed by atoms with E-state index in [0.29, 0.717) is 0 Å². The maximum absolute atomic E-state index is 10.6. The second kappa shape index (κ2) is 6.66. The molecule has 0 aliphatic rings. The molecule has 0 amide bonds. The Balaban J connectivity index is 0. The molecule has 0 aromatic carbocycles. The lowest BCUT2D eigenvalue weighted by molar-refractivity contribution is -0.132. The topological polar surface area (TPSA) is 57.5 Å². The second-order valence-electron chi connectivity index (χ2n) is 1.79. The monoisotopic (exact) mass is 186 g/mol. The Hall–Kier alpha value is -1.04. The lowest BCUT2D eigenvalue weighted by Crippen LogP contribution is -2.08. The van der Waals surface area contributed by atoms with Gasteiger partial charge in [0.1, 0.15) is 0 Å². The van der Waals surface area contributed by atoms with Crippen LogP contribution in [0.1, 0.15) is 6.92 Å². The summed E-state index contributed by atoms with van der Waals surface area (Å²) in [6, 6.07) is 0. The van der Waals surface area contributed by atoms with Gasteiger partial charge in [0.25, 0.3) is 12.8 Å². The number of carboxylic acid groups (broad SMARTS) is 1. The highest BCUT2D eigenvalue weighted by molar-refractivity contribution is 5.84. The van der Waals surface area contributed by atoms with Gasteiger partial charge in [0.2, 0.25) is 0 Å². The molecule has 1 atom stereocenters. The number of alkyl halides is 3. The molecular weight excluding hydrogens is 177 g/mol. The normalized spacial score (nSPS) is 11.5. The van der Waals surface area contributed by atoms with Crippen LogP contribution in [0.2, 0.25) is 0 Å². The van der Waals surface area contributed by atoms with E-state index in [9.17, 15) is 18.0 Å². The third kappa shape index (κ3) is 11.7. The third-order valence-corrected chi connectivity index (χ3v) is 0.573. The van der Waals surface area contributed by atoms with E-state index in [1.54, 1.807) is 0 Å². The fourth-order valence-corrected chi connectivity index (χ4v) is 0. The van der Waals surface area contributed by atoms with Gasteiger partial charge < -0.3 is 10.2 Å². The highest BCUT2D eigenvalue weighted by Crippen LogP contribution is 1.98. The van der Waals surface area contributed by atoms with Gasteiger partial charge in [-0.05, 0) is 6.92 Å². The zero-order valence-electron chi connectivity index (χ0n) is 6.30. The summed E-state index contributed by atoms with van der Waals surface area (Å²) < 4.78 is 31.7. The summed E-state index contributed by atoms with van der Waals surface area (Å²) >= 11 is 0. The molecule has 0 heterocycles. The first kappa shape index (κ1) is 13.5. The Morgan fingerprint density at radius 1 is 1.42 bits per heavy atom. The zero-order valence-corrected chi connectivity index (χ0v) is 6.30. The van der Waals surface area contributed by atoms with Crippen molar-refractivity contribution < 1.29 is 28.2 Å². The molecule has 0 aliphatic carbocycles. The standard InChI is InChI=1S/C4H6O2.C2H3F3O/c1-3(2)4(5)6;3-1(4)2(5)6/h1H2,2H3,(H,5,6);1-2,6H. The Morgan fingerprint density at radius 3 is 1.58 bits per heavy atom. The van der Waals surface area contributed by atoms with Crippen molar-refractivity contribution >= 4 is 5.97 Å². The summed E-state index contributed by atoms with van der Waals surface area (Å²) in [6.07, 6.45) is -6.24. The van der Waals surface area contributed by atoms with Gasteiger partial charge in [0.15, 0.2) is 0 Å². The number of aliphatic hydroxyl groups excluding tert-OH is 1. The van der Waals surface area contributed by atoms with Crippen LogP contribution in [0.3, 0.4) is 0 Å². The molecule has 0 aromatic heterocycles. The minimum Gasteiger partial charge on any atom is -0.478 e. The molecule has 6 heteroatoms. The van der Waals surface area contributed by atoms with E-state index in [0.717, 1.165) is 0 Å². The van der Waals surface area contributed by atoms with Crippen molar-refractivity contribution in [3.63, 3.8) is 0 Å². The number of carbonyl (C=O) groups is 1. The predicted octanol–water partition coefficient (Wildman–Crippen LogP) is 1.19. The smallest absolute Gasteiger partial charge is 0.330 e. The summed E-state index contributed by atoms with van der Waals surface area (Å²) in [7, 11) is 0. The van der Waals surface area contributed by atoms with Crippen LogP contribution in [-0.2, 0) is 4.79 Å². The van der Waals surface area contributed by atoms with Gasteiger partial charge in [-0.3, -0.25) is 0 Å². The molecule has 2 N–H and O–H groups in total. The molecule has 0 radical (unpaired) electrons. The third-order valence-electron chi connectivity index (χ3n) is 0.573. The minimum absolute atomic E-state index is 0.176. The van der Waals surface area contributed by atoms with Crippen LogP contribution in [0.4, 0.5) is 13.2 Å². The van der Waals surface area contributed by atoms with E-state index in [1.165, 1.54) is 6.92 Å². The Morgan fingerprint density at radius 2 is 1.58 bits per heavy atom. The molecule has 0 aliphatic heterocycles. The summed E-state index contributed by atoms with van der Waals surface area (Å²) in [5, 5.41) is 15.1. The largest absolute Gasteiger partial charge is 0.478 e. The van der Waals surface area contributed by atoms with Gasteiger partial charge >= 0.3 is 5.97 Å². The van der Waals surface area contributed by atoms with Crippen LogP contribution in [0.25, 0.3) is 0 Å². The highest BCUT2D eigenvalue weighted by Gasteiger charge is 2.12. The van der Waals surface area contributed by atoms with Gasteiger partial charge in [0, 0.05) is 5.57 Å². The van der Waals surface area contributed by atoms with Gasteiger partial charge in [-0.1, -0.05) is 6.58 Å². The predicted molar refractivity (Wildman–Crippen MR) is 35.6 cm³/mol. The number of aliphatic hydroxyl groups is 1. The first-order valence-electron chi connectivity index (χ1n) is 2.78. The fraction of sp³-hybridized carbons (Fsp3) is 0.500. The molecule has 0 rings (SSSR count). The number of carboxylic acids is 1. The first-order chi connectivity index (χ1) is 5.29. The van der Waals surface area contributed by atoms with Gasteiger partial charge in [0.05, 0.1) is 0 Å². The number of hydrogen-bond acceptors (Lipinski definition) is 2. The highest BCUT2D eigenvalue weighted by atomic mass is 19.3. The van der Waals surface area contributed by atoms with Crippen LogP contribution in [0, 0.1) is 0 Å². The fourth-order valence-electron chi connectivity index (χ4n) is 0. The van der Waals surface area contributed by atoms with Crippen molar-refractivity contribution in [3.8, 4) is 0 Å². The second-order valence-corrected chi connectivity index (χ2v) is 1.79. The van der Waals surface area contributed by atoms with Gasteiger partial charge in [-0.25, -0.2) is 18.0 Å². The summed E-state index contributed by atoms with van der Waals surface area (Å²) in [6.45, 7) is 4.60. The molecule has 0 spiro atoms. The summed E-state index contributed by atoms with van der Waals surface area (Å²) in [5.41, 5.74) is 0.176. The Bertz CT molecular complexity index is 138. The number of rotatable bonds is 2. The average molecular weight is 186 g/mol. The number of aliphatic carboxylic acids is 1. The molecule has 0 saturated carbocycles. The molecular formula is C6H9F3O3. The molecule has 3 nitrogen and oxygen atoms in total. The van der Waals surface area contributed by atoms with Crippen LogP contribution < -0.4 is 0 Å². The zero-order chi connectivity index (χ0) is 10.3. The molecule has 12 heavy (non-hydrogen) atoms. The minimum atomic E-state index is -3.26. The van der Waals surface area contributed by atoms with E-state index >= 15 is 0 Å². The van der Waals surface area contributed by atoms with E-state index in [2.05, 4.69) is 6.58 Å². The van der Waals surface area contributed by atoms with Gasteiger partial charge in [-0.15, -0.1) is 0 Å². The van der Waals surface area contributed by atoms with E-state index in [1.807, 2.05) is 0 Å². The Labute approximate surface area is 67.1 Å².